The molecule has 0 fully saturated rings. The molecule has 19 heavy (non-hydrogen) atoms. The molecule has 1 heterocycles. The number of ether oxygens (including phenoxy) is 1. The number of rotatable bonds is 5. The molecule has 0 saturated carbocycles. The van der Waals surface area contributed by atoms with Crippen LogP contribution in [0.1, 0.15) is 23.4 Å². The fourth-order valence-electron chi connectivity index (χ4n) is 1.97. The molecule has 102 valence electrons. The minimum absolute atomic E-state index is 0.0183. The van der Waals surface area contributed by atoms with Crippen molar-refractivity contribution in [2.24, 2.45) is 0 Å². The van der Waals surface area contributed by atoms with Crippen LogP contribution in [0, 0.1) is 0 Å². The van der Waals surface area contributed by atoms with Crippen LogP contribution >= 0.6 is 34.5 Å². The molecule has 5 heteroatoms. The Morgan fingerprint density at radius 1 is 1.32 bits per heavy atom. The van der Waals surface area contributed by atoms with E-state index < -0.39 is 0 Å². The second-order valence-corrected chi connectivity index (χ2v) is 5.80. The van der Waals surface area contributed by atoms with Crippen LogP contribution in [0.4, 0.5) is 0 Å². The summed E-state index contributed by atoms with van der Waals surface area (Å²) in [6.07, 6.45) is 0. The van der Waals surface area contributed by atoms with E-state index in [9.17, 15) is 0 Å². The van der Waals surface area contributed by atoms with E-state index in [0.717, 1.165) is 22.7 Å². The van der Waals surface area contributed by atoms with Crippen molar-refractivity contribution < 1.29 is 4.74 Å². The molecule has 2 nitrogen and oxygen atoms in total. The third kappa shape index (κ3) is 3.23. The highest BCUT2D eigenvalue weighted by atomic mass is 35.5. The van der Waals surface area contributed by atoms with Crippen molar-refractivity contribution in [1.82, 2.24) is 5.32 Å². The number of nitrogens with one attached hydrogen (secondary N) is 1. The Hall–Kier alpha value is -0.740. The number of thiophene rings is 1. The fraction of sp³-hybridized carbons (Fsp3) is 0.286. The van der Waals surface area contributed by atoms with Crippen LogP contribution in [0.25, 0.3) is 0 Å². The van der Waals surface area contributed by atoms with Crippen LogP contribution in [0.2, 0.25) is 10.0 Å². The number of hydrogen-bond acceptors (Lipinski definition) is 3. The molecule has 1 N–H and O–H groups in total. The van der Waals surface area contributed by atoms with Crippen LogP contribution in [-0.4, -0.2) is 13.7 Å². The fourth-order valence-corrected chi connectivity index (χ4v) is 3.44. The van der Waals surface area contributed by atoms with Crippen LogP contribution < -0.4 is 10.1 Å². The van der Waals surface area contributed by atoms with Gasteiger partial charge in [0.1, 0.15) is 5.75 Å². The first kappa shape index (κ1) is 14.7. The summed E-state index contributed by atoms with van der Waals surface area (Å²) in [6.45, 7) is 2.90. The SMILES string of the molecule is CCNC(c1ccc(Cl)cc1Cl)c1sccc1OC. The van der Waals surface area contributed by atoms with Crippen molar-refractivity contribution >= 4 is 34.5 Å². The Labute approximate surface area is 127 Å². The second-order valence-electron chi connectivity index (χ2n) is 4.01. The lowest BCUT2D eigenvalue weighted by molar-refractivity contribution is 0.408. The molecule has 2 aromatic rings. The highest BCUT2D eigenvalue weighted by Crippen LogP contribution is 2.37. The summed E-state index contributed by atoms with van der Waals surface area (Å²) in [4.78, 5) is 1.12. The molecule has 0 amide bonds. The monoisotopic (exact) mass is 315 g/mol. The normalized spacial score (nSPS) is 12.4. The maximum Gasteiger partial charge on any atom is 0.134 e. The molecule has 1 aromatic heterocycles. The summed E-state index contributed by atoms with van der Waals surface area (Å²) in [5, 5.41) is 6.76. The summed E-state index contributed by atoms with van der Waals surface area (Å²) >= 11 is 13.9. The van der Waals surface area contributed by atoms with Crippen molar-refractivity contribution in [3.8, 4) is 5.75 Å². The minimum atomic E-state index is 0.0183. The highest BCUT2D eigenvalue weighted by Gasteiger charge is 2.21. The largest absolute Gasteiger partial charge is 0.496 e. The second kappa shape index (κ2) is 6.62. The van der Waals surface area contributed by atoms with Crippen molar-refractivity contribution in [3.05, 3.63) is 50.1 Å². The van der Waals surface area contributed by atoms with E-state index in [2.05, 4.69) is 12.2 Å². The van der Waals surface area contributed by atoms with Gasteiger partial charge < -0.3 is 10.1 Å². The number of halogens is 2. The van der Waals surface area contributed by atoms with Gasteiger partial charge in [0.15, 0.2) is 0 Å². The van der Waals surface area contributed by atoms with Crippen LogP contribution in [0.15, 0.2) is 29.6 Å². The van der Waals surface area contributed by atoms with E-state index in [4.69, 9.17) is 27.9 Å². The lowest BCUT2D eigenvalue weighted by Crippen LogP contribution is -2.21. The maximum atomic E-state index is 6.31. The summed E-state index contributed by atoms with van der Waals surface area (Å²) < 4.78 is 5.40. The Morgan fingerprint density at radius 3 is 2.74 bits per heavy atom. The van der Waals surface area contributed by atoms with Crippen molar-refractivity contribution in [3.63, 3.8) is 0 Å². The molecule has 0 spiro atoms. The van der Waals surface area contributed by atoms with Crippen molar-refractivity contribution in [2.45, 2.75) is 13.0 Å². The van der Waals surface area contributed by atoms with Gasteiger partial charge in [-0.25, -0.2) is 0 Å². The van der Waals surface area contributed by atoms with E-state index in [0.29, 0.717) is 10.0 Å². The predicted molar refractivity (Wildman–Crippen MR) is 82.9 cm³/mol. The van der Waals surface area contributed by atoms with Crippen LogP contribution in [-0.2, 0) is 0 Å². The van der Waals surface area contributed by atoms with Gasteiger partial charge in [0.05, 0.1) is 18.0 Å². The van der Waals surface area contributed by atoms with Gasteiger partial charge in [0.2, 0.25) is 0 Å². The van der Waals surface area contributed by atoms with E-state index in [1.54, 1.807) is 24.5 Å². The van der Waals surface area contributed by atoms with Gasteiger partial charge in [0, 0.05) is 10.0 Å². The zero-order valence-electron chi connectivity index (χ0n) is 10.7. The van der Waals surface area contributed by atoms with Crippen molar-refractivity contribution in [2.75, 3.05) is 13.7 Å². The zero-order valence-corrected chi connectivity index (χ0v) is 13.1. The average molecular weight is 316 g/mol. The van der Waals surface area contributed by atoms with E-state index in [1.807, 2.05) is 23.6 Å². The van der Waals surface area contributed by atoms with E-state index in [1.165, 1.54) is 0 Å². The number of methoxy groups -OCH3 is 1. The maximum absolute atomic E-state index is 6.31. The zero-order chi connectivity index (χ0) is 13.8. The lowest BCUT2D eigenvalue weighted by atomic mass is 10.0. The molecule has 0 bridgehead atoms. The van der Waals surface area contributed by atoms with E-state index in [-0.39, 0.29) is 6.04 Å². The quantitative estimate of drug-likeness (QED) is 0.858. The average Bonchev–Trinajstić information content (AvgIpc) is 2.85. The molecule has 0 aliphatic carbocycles. The first-order valence-electron chi connectivity index (χ1n) is 5.97. The molecular formula is C14H15Cl2NOS. The summed E-state index contributed by atoms with van der Waals surface area (Å²) in [7, 11) is 1.68. The third-order valence-corrected chi connectivity index (χ3v) is 4.35. The summed E-state index contributed by atoms with van der Waals surface area (Å²) in [6, 6.07) is 7.56. The molecule has 0 aliphatic rings. The molecule has 0 saturated heterocycles. The van der Waals surface area contributed by atoms with Gasteiger partial charge in [-0.05, 0) is 35.7 Å². The molecule has 0 radical (unpaired) electrons. The Bertz CT molecular complexity index is 556. The van der Waals surface area contributed by atoms with Gasteiger partial charge in [-0.3, -0.25) is 0 Å². The van der Waals surface area contributed by atoms with E-state index >= 15 is 0 Å². The Balaban J connectivity index is 2.45. The van der Waals surface area contributed by atoms with Gasteiger partial charge in [0.25, 0.3) is 0 Å². The van der Waals surface area contributed by atoms with Gasteiger partial charge in [-0.1, -0.05) is 36.2 Å². The van der Waals surface area contributed by atoms with Crippen LogP contribution in [0.3, 0.4) is 0 Å². The number of benzene rings is 1. The third-order valence-electron chi connectivity index (χ3n) is 2.82. The molecule has 2 rings (SSSR count). The van der Waals surface area contributed by atoms with Gasteiger partial charge in [-0.15, -0.1) is 11.3 Å². The summed E-state index contributed by atoms with van der Waals surface area (Å²) in [5.41, 5.74) is 1.01. The van der Waals surface area contributed by atoms with Gasteiger partial charge in [-0.2, -0.15) is 0 Å². The standard InChI is InChI=1S/C14H15Cl2NOS/c1-3-17-13(14-12(18-2)6-7-19-14)10-5-4-9(15)8-11(10)16/h4-8,13,17H,3H2,1-2H3. The van der Waals surface area contributed by atoms with Crippen LogP contribution in [0.5, 0.6) is 5.75 Å². The molecule has 1 atom stereocenters. The molecule has 1 unspecified atom stereocenters. The van der Waals surface area contributed by atoms with Gasteiger partial charge >= 0.3 is 0 Å². The predicted octanol–water partition coefficient (Wildman–Crippen LogP) is 4.76. The first-order valence-corrected chi connectivity index (χ1v) is 7.60. The number of hydrogen-bond donors (Lipinski definition) is 1. The molecule has 0 aliphatic heterocycles. The highest BCUT2D eigenvalue weighted by molar-refractivity contribution is 7.10. The Morgan fingerprint density at radius 2 is 2.11 bits per heavy atom. The summed E-state index contributed by atoms with van der Waals surface area (Å²) in [5.74, 6) is 0.877. The lowest BCUT2D eigenvalue weighted by Gasteiger charge is -2.19. The smallest absolute Gasteiger partial charge is 0.134 e. The first-order chi connectivity index (χ1) is 9.17. The molecular weight excluding hydrogens is 301 g/mol. The Kier molecular flexibility index (Phi) is 5.11. The van der Waals surface area contributed by atoms with Crippen molar-refractivity contribution in [1.29, 1.82) is 0 Å². The minimum Gasteiger partial charge on any atom is -0.496 e. The topological polar surface area (TPSA) is 21.3 Å². The molecule has 1 aromatic carbocycles.